The molecule has 0 fully saturated rings. The van der Waals surface area contributed by atoms with Crippen LogP contribution in [0.15, 0.2) is 84.9 Å². The Balaban J connectivity index is 1.87. The Labute approximate surface area is 131 Å². The third-order valence-electron chi connectivity index (χ3n) is 4.12. The second kappa shape index (κ2) is 5.57. The van der Waals surface area contributed by atoms with Crippen LogP contribution < -0.4 is 10.7 Å². The second-order valence-corrected chi connectivity index (χ2v) is 5.54. The fourth-order valence-electron chi connectivity index (χ4n) is 3.03. The first-order valence-electron chi connectivity index (χ1n) is 7.59. The first-order valence-corrected chi connectivity index (χ1v) is 7.59. The van der Waals surface area contributed by atoms with Crippen molar-refractivity contribution < 1.29 is 0 Å². The van der Waals surface area contributed by atoms with Crippen molar-refractivity contribution in [2.75, 3.05) is 5.23 Å². The normalized spacial score (nSPS) is 13.1. The van der Waals surface area contributed by atoms with E-state index in [4.69, 9.17) is 0 Å². The number of para-hydroxylation sites is 1. The molecule has 0 radical (unpaired) electrons. The van der Waals surface area contributed by atoms with E-state index in [1.54, 1.807) is 0 Å². The Morgan fingerprint density at radius 3 is 2.05 bits per heavy atom. The van der Waals surface area contributed by atoms with Gasteiger partial charge in [0, 0.05) is 5.69 Å². The van der Waals surface area contributed by atoms with Crippen molar-refractivity contribution in [1.82, 2.24) is 0 Å². The fourth-order valence-corrected chi connectivity index (χ4v) is 3.03. The maximum Gasteiger partial charge on any atom is 0.321 e. The standard InChI is InChI=1S/C20H16BN/c1-3-9-16(10-4-1)19-15-17-11-7-8-14-20(17)22-21(19)18-12-5-2-6-13-18/h1-15,22H. The summed E-state index contributed by atoms with van der Waals surface area (Å²) in [5.74, 6) is 0. The van der Waals surface area contributed by atoms with Crippen molar-refractivity contribution in [2.24, 2.45) is 0 Å². The van der Waals surface area contributed by atoms with E-state index in [2.05, 4.69) is 96.2 Å². The molecule has 104 valence electrons. The van der Waals surface area contributed by atoms with Crippen LogP contribution in [-0.2, 0) is 0 Å². The molecule has 1 nitrogen and oxygen atoms in total. The van der Waals surface area contributed by atoms with Crippen LogP contribution in [0.1, 0.15) is 11.1 Å². The molecule has 0 bridgehead atoms. The predicted octanol–water partition coefficient (Wildman–Crippen LogP) is 4.09. The molecule has 0 aliphatic carbocycles. The average Bonchev–Trinajstić information content (AvgIpc) is 2.62. The maximum atomic E-state index is 3.69. The van der Waals surface area contributed by atoms with Gasteiger partial charge in [0.1, 0.15) is 0 Å². The van der Waals surface area contributed by atoms with Gasteiger partial charge >= 0.3 is 6.85 Å². The van der Waals surface area contributed by atoms with Gasteiger partial charge < -0.3 is 5.23 Å². The minimum atomic E-state index is 0.179. The Hall–Kier alpha value is -2.74. The first kappa shape index (κ1) is 13.0. The summed E-state index contributed by atoms with van der Waals surface area (Å²) < 4.78 is 0. The van der Waals surface area contributed by atoms with Gasteiger partial charge in [-0.2, -0.15) is 0 Å². The zero-order valence-electron chi connectivity index (χ0n) is 12.2. The van der Waals surface area contributed by atoms with Gasteiger partial charge in [0.2, 0.25) is 0 Å². The van der Waals surface area contributed by atoms with Gasteiger partial charge in [-0.3, -0.25) is 0 Å². The molecule has 0 aromatic heterocycles. The minimum Gasteiger partial charge on any atom is -0.420 e. The van der Waals surface area contributed by atoms with E-state index < -0.39 is 0 Å². The molecule has 0 amide bonds. The van der Waals surface area contributed by atoms with E-state index in [0.717, 1.165) is 0 Å². The molecule has 3 aromatic carbocycles. The largest absolute Gasteiger partial charge is 0.420 e. The molecule has 0 atom stereocenters. The van der Waals surface area contributed by atoms with Gasteiger partial charge in [-0.15, -0.1) is 0 Å². The summed E-state index contributed by atoms with van der Waals surface area (Å²) in [5, 5.41) is 3.69. The lowest BCUT2D eigenvalue weighted by atomic mass is 9.47. The summed E-state index contributed by atoms with van der Waals surface area (Å²) in [5.41, 5.74) is 6.29. The van der Waals surface area contributed by atoms with Crippen LogP contribution in [0.25, 0.3) is 11.5 Å². The molecule has 2 heteroatoms. The summed E-state index contributed by atoms with van der Waals surface area (Å²) in [6, 6.07) is 29.7. The van der Waals surface area contributed by atoms with E-state index in [-0.39, 0.29) is 6.85 Å². The highest BCUT2D eigenvalue weighted by molar-refractivity contribution is 6.93. The molecule has 22 heavy (non-hydrogen) atoms. The Morgan fingerprint density at radius 2 is 1.27 bits per heavy atom. The van der Waals surface area contributed by atoms with Gasteiger partial charge in [-0.05, 0) is 22.7 Å². The molecule has 4 rings (SSSR count). The van der Waals surface area contributed by atoms with Gasteiger partial charge in [-0.1, -0.05) is 90.4 Å². The summed E-state index contributed by atoms with van der Waals surface area (Å²) in [6.45, 7) is 0.179. The zero-order valence-corrected chi connectivity index (χ0v) is 12.2. The molecule has 1 aliphatic rings. The SMILES string of the molecule is C1=C(c2ccccc2)B(c2ccccc2)Nc2ccccc21. The number of benzene rings is 3. The third-order valence-corrected chi connectivity index (χ3v) is 4.12. The van der Waals surface area contributed by atoms with Gasteiger partial charge in [-0.25, -0.2) is 0 Å². The topological polar surface area (TPSA) is 12.0 Å². The van der Waals surface area contributed by atoms with Crippen molar-refractivity contribution in [3.63, 3.8) is 0 Å². The average molecular weight is 281 g/mol. The molecule has 0 unspecified atom stereocenters. The quantitative estimate of drug-likeness (QED) is 0.698. The third kappa shape index (κ3) is 2.33. The number of nitrogens with one attached hydrogen (secondary N) is 1. The van der Waals surface area contributed by atoms with Crippen LogP contribution >= 0.6 is 0 Å². The van der Waals surface area contributed by atoms with E-state index in [0.29, 0.717) is 0 Å². The van der Waals surface area contributed by atoms with Gasteiger partial charge in [0.15, 0.2) is 0 Å². The maximum absolute atomic E-state index is 3.69. The summed E-state index contributed by atoms with van der Waals surface area (Å²) in [4.78, 5) is 0. The van der Waals surface area contributed by atoms with Crippen LogP contribution in [0.3, 0.4) is 0 Å². The molecule has 0 spiro atoms. The fraction of sp³-hybridized carbons (Fsp3) is 0. The minimum absolute atomic E-state index is 0.179. The lowest BCUT2D eigenvalue weighted by Gasteiger charge is -2.26. The zero-order chi connectivity index (χ0) is 14.8. The molecule has 3 aromatic rings. The van der Waals surface area contributed by atoms with E-state index >= 15 is 0 Å². The summed E-state index contributed by atoms with van der Waals surface area (Å²) in [7, 11) is 0. The monoisotopic (exact) mass is 281 g/mol. The van der Waals surface area contributed by atoms with Crippen LogP contribution in [0.5, 0.6) is 0 Å². The summed E-state index contributed by atoms with van der Waals surface area (Å²) in [6.07, 6.45) is 2.30. The molecular formula is C20H16BN. The molecule has 0 saturated heterocycles. The lowest BCUT2D eigenvalue weighted by Crippen LogP contribution is -2.41. The first-order chi connectivity index (χ1) is 10.9. The molecule has 1 N–H and O–H groups in total. The van der Waals surface area contributed by atoms with E-state index in [9.17, 15) is 0 Å². The van der Waals surface area contributed by atoms with Crippen LogP contribution in [-0.4, -0.2) is 6.85 Å². The van der Waals surface area contributed by atoms with Crippen molar-refractivity contribution in [2.45, 2.75) is 0 Å². The molecule has 1 heterocycles. The molecule has 1 aliphatic heterocycles. The Kier molecular flexibility index (Phi) is 3.28. The van der Waals surface area contributed by atoms with Crippen molar-refractivity contribution in [3.8, 4) is 0 Å². The molecule has 0 saturated carbocycles. The number of hydrogen-bond acceptors (Lipinski definition) is 1. The highest BCUT2D eigenvalue weighted by atomic mass is 14.8. The van der Waals surface area contributed by atoms with Crippen molar-refractivity contribution in [3.05, 3.63) is 96.1 Å². The number of rotatable bonds is 2. The highest BCUT2D eigenvalue weighted by Gasteiger charge is 2.27. The smallest absolute Gasteiger partial charge is 0.321 e. The van der Waals surface area contributed by atoms with Gasteiger partial charge in [0.05, 0.1) is 0 Å². The number of fused-ring (bicyclic) bond motifs is 1. The summed E-state index contributed by atoms with van der Waals surface area (Å²) >= 11 is 0. The van der Waals surface area contributed by atoms with Crippen LogP contribution in [0.4, 0.5) is 5.69 Å². The molecular weight excluding hydrogens is 265 g/mol. The Bertz CT molecular complexity index is 809. The van der Waals surface area contributed by atoms with Crippen LogP contribution in [0.2, 0.25) is 0 Å². The van der Waals surface area contributed by atoms with E-state index in [1.165, 1.54) is 27.7 Å². The van der Waals surface area contributed by atoms with Gasteiger partial charge in [0.25, 0.3) is 0 Å². The van der Waals surface area contributed by atoms with Crippen molar-refractivity contribution >= 4 is 29.5 Å². The second-order valence-electron chi connectivity index (χ2n) is 5.54. The number of hydrogen-bond donors (Lipinski definition) is 1. The van der Waals surface area contributed by atoms with Crippen molar-refractivity contribution in [1.29, 1.82) is 0 Å². The lowest BCUT2D eigenvalue weighted by molar-refractivity contribution is 1.57. The highest BCUT2D eigenvalue weighted by Crippen LogP contribution is 2.30. The van der Waals surface area contributed by atoms with E-state index in [1.807, 2.05) is 0 Å². The van der Waals surface area contributed by atoms with Crippen LogP contribution in [0, 0.1) is 0 Å². The number of anilines is 1. The predicted molar refractivity (Wildman–Crippen MR) is 96.2 cm³/mol. The Morgan fingerprint density at radius 1 is 0.636 bits per heavy atom.